The van der Waals surface area contributed by atoms with E-state index in [-0.39, 0.29) is 11.3 Å². The van der Waals surface area contributed by atoms with Crippen molar-refractivity contribution >= 4 is 10.0 Å². The van der Waals surface area contributed by atoms with Gasteiger partial charge in [-0.05, 0) is 20.8 Å². The SMILES string of the molecule is CN(C)S(=O)(=O)CCNCCNC(C)(C)C. The van der Waals surface area contributed by atoms with Crippen LogP contribution in [-0.2, 0) is 10.0 Å². The van der Waals surface area contributed by atoms with Gasteiger partial charge in [0.15, 0.2) is 0 Å². The lowest BCUT2D eigenvalue weighted by Crippen LogP contribution is -2.41. The predicted octanol–water partition coefficient (Wildman–Crippen LogP) is -0.144. The molecule has 5 nitrogen and oxygen atoms in total. The summed E-state index contributed by atoms with van der Waals surface area (Å²) in [4.78, 5) is 0. The Morgan fingerprint density at radius 2 is 1.62 bits per heavy atom. The fraction of sp³-hybridized carbons (Fsp3) is 1.00. The van der Waals surface area contributed by atoms with Crippen molar-refractivity contribution in [3.05, 3.63) is 0 Å². The Labute approximate surface area is 99.6 Å². The van der Waals surface area contributed by atoms with Crippen LogP contribution in [0.15, 0.2) is 0 Å². The Morgan fingerprint density at radius 1 is 1.06 bits per heavy atom. The lowest BCUT2D eigenvalue weighted by molar-refractivity contribution is 0.422. The van der Waals surface area contributed by atoms with Crippen molar-refractivity contribution < 1.29 is 8.42 Å². The van der Waals surface area contributed by atoms with Gasteiger partial charge in [-0.15, -0.1) is 0 Å². The molecule has 0 bridgehead atoms. The number of nitrogens with zero attached hydrogens (tertiary/aromatic N) is 1. The van der Waals surface area contributed by atoms with Gasteiger partial charge in [-0.25, -0.2) is 12.7 Å². The van der Waals surface area contributed by atoms with Gasteiger partial charge in [0.05, 0.1) is 5.75 Å². The highest BCUT2D eigenvalue weighted by Gasteiger charge is 2.12. The Morgan fingerprint density at radius 3 is 2.06 bits per heavy atom. The van der Waals surface area contributed by atoms with Crippen molar-refractivity contribution in [1.29, 1.82) is 0 Å². The van der Waals surface area contributed by atoms with E-state index < -0.39 is 10.0 Å². The number of hydrogen-bond acceptors (Lipinski definition) is 4. The first-order valence-electron chi connectivity index (χ1n) is 5.51. The molecule has 0 fully saturated rings. The number of nitrogens with one attached hydrogen (secondary N) is 2. The van der Waals surface area contributed by atoms with E-state index in [1.807, 2.05) is 0 Å². The summed E-state index contributed by atoms with van der Waals surface area (Å²) < 4.78 is 24.0. The largest absolute Gasteiger partial charge is 0.314 e. The van der Waals surface area contributed by atoms with Crippen molar-refractivity contribution in [3.8, 4) is 0 Å². The highest BCUT2D eigenvalue weighted by molar-refractivity contribution is 7.89. The number of sulfonamides is 1. The van der Waals surface area contributed by atoms with E-state index in [9.17, 15) is 8.42 Å². The first kappa shape index (κ1) is 15.8. The molecule has 0 aromatic carbocycles. The second-order valence-electron chi connectivity index (χ2n) is 5.03. The Bertz CT molecular complexity index is 281. The second-order valence-corrected chi connectivity index (χ2v) is 7.33. The molecule has 0 unspecified atom stereocenters. The summed E-state index contributed by atoms with van der Waals surface area (Å²) in [7, 11) is 0.0408. The van der Waals surface area contributed by atoms with Crippen molar-refractivity contribution in [2.45, 2.75) is 26.3 Å². The van der Waals surface area contributed by atoms with Crippen molar-refractivity contribution in [2.24, 2.45) is 0 Å². The molecular formula is C10H25N3O2S. The lowest BCUT2D eigenvalue weighted by Gasteiger charge is -2.20. The van der Waals surface area contributed by atoms with Crippen LogP contribution < -0.4 is 10.6 Å². The molecule has 0 rings (SSSR count). The molecule has 0 saturated heterocycles. The van der Waals surface area contributed by atoms with Crippen molar-refractivity contribution in [1.82, 2.24) is 14.9 Å². The van der Waals surface area contributed by atoms with Crippen LogP contribution in [0.4, 0.5) is 0 Å². The first-order chi connectivity index (χ1) is 7.15. The molecule has 0 aliphatic carbocycles. The predicted molar refractivity (Wildman–Crippen MR) is 68.1 cm³/mol. The van der Waals surface area contributed by atoms with Crippen LogP contribution in [0.3, 0.4) is 0 Å². The van der Waals surface area contributed by atoms with E-state index in [2.05, 4.69) is 31.4 Å². The van der Waals surface area contributed by atoms with E-state index >= 15 is 0 Å². The van der Waals surface area contributed by atoms with Crippen LogP contribution in [0.1, 0.15) is 20.8 Å². The number of rotatable bonds is 7. The smallest absolute Gasteiger partial charge is 0.214 e. The van der Waals surface area contributed by atoms with Gasteiger partial charge >= 0.3 is 0 Å². The summed E-state index contributed by atoms with van der Waals surface area (Å²) in [6, 6.07) is 0. The maximum absolute atomic E-state index is 11.4. The molecule has 0 heterocycles. The van der Waals surface area contributed by atoms with E-state index in [1.54, 1.807) is 14.1 Å². The van der Waals surface area contributed by atoms with Gasteiger partial charge in [-0.3, -0.25) is 0 Å². The number of hydrogen-bond donors (Lipinski definition) is 2. The zero-order chi connectivity index (χ0) is 12.8. The van der Waals surface area contributed by atoms with Gasteiger partial charge in [-0.2, -0.15) is 0 Å². The van der Waals surface area contributed by atoms with E-state index in [1.165, 1.54) is 4.31 Å². The molecular weight excluding hydrogens is 226 g/mol. The summed E-state index contributed by atoms with van der Waals surface area (Å²) in [6.45, 7) is 8.41. The maximum Gasteiger partial charge on any atom is 0.214 e. The summed E-state index contributed by atoms with van der Waals surface area (Å²) in [5, 5.41) is 6.42. The molecule has 0 aliphatic heterocycles. The minimum absolute atomic E-state index is 0.109. The second kappa shape index (κ2) is 6.54. The molecule has 6 heteroatoms. The van der Waals surface area contributed by atoms with E-state index in [0.29, 0.717) is 6.54 Å². The summed E-state index contributed by atoms with van der Waals surface area (Å²) in [5.41, 5.74) is 0.109. The van der Waals surface area contributed by atoms with Gasteiger partial charge in [0.2, 0.25) is 10.0 Å². The third-order valence-electron chi connectivity index (χ3n) is 2.05. The van der Waals surface area contributed by atoms with Crippen LogP contribution in [0.2, 0.25) is 0 Å². The molecule has 0 saturated carbocycles. The molecule has 0 aromatic rings. The van der Waals surface area contributed by atoms with Gasteiger partial charge in [0, 0.05) is 39.3 Å². The molecule has 0 spiro atoms. The van der Waals surface area contributed by atoms with Gasteiger partial charge in [-0.1, -0.05) is 0 Å². The lowest BCUT2D eigenvalue weighted by atomic mass is 10.1. The van der Waals surface area contributed by atoms with Gasteiger partial charge in [0.1, 0.15) is 0 Å². The molecule has 2 N–H and O–H groups in total. The molecule has 0 aliphatic rings. The summed E-state index contributed by atoms with van der Waals surface area (Å²) >= 11 is 0. The van der Waals surface area contributed by atoms with Crippen LogP contribution in [0.25, 0.3) is 0 Å². The highest BCUT2D eigenvalue weighted by atomic mass is 32.2. The van der Waals surface area contributed by atoms with Crippen LogP contribution >= 0.6 is 0 Å². The minimum atomic E-state index is -3.06. The zero-order valence-electron chi connectivity index (χ0n) is 11.0. The van der Waals surface area contributed by atoms with Crippen molar-refractivity contribution in [2.75, 3.05) is 39.5 Å². The summed E-state index contributed by atoms with van der Waals surface area (Å²) in [6.07, 6.45) is 0. The average molecular weight is 251 g/mol. The fourth-order valence-corrected chi connectivity index (χ4v) is 1.80. The van der Waals surface area contributed by atoms with Crippen LogP contribution in [0, 0.1) is 0 Å². The highest BCUT2D eigenvalue weighted by Crippen LogP contribution is 1.96. The standard InChI is InChI=1S/C10H25N3O2S/c1-10(2,3)12-7-6-11-8-9-16(14,15)13(4)5/h11-12H,6-9H2,1-5H3. The molecule has 0 aromatic heterocycles. The molecule has 0 radical (unpaired) electrons. The van der Waals surface area contributed by atoms with Crippen LogP contribution in [0.5, 0.6) is 0 Å². The monoisotopic (exact) mass is 251 g/mol. The first-order valence-corrected chi connectivity index (χ1v) is 7.12. The van der Waals surface area contributed by atoms with Gasteiger partial charge < -0.3 is 10.6 Å². The topological polar surface area (TPSA) is 61.4 Å². The Hall–Kier alpha value is -0.170. The van der Waals surface area contributed by atoms with Crippen molar-refractivity contribution in [3.63, 3.8) is 0 Å². The quantitative estimate of drug-likeness (QED) is 0.618. The Balaban J connectivity index is 3.56. The average Bonchev–Trinajstić information content (AvgIpc) is 2.09. The fourth-order valence-electron chi connectivity index (χ4n) is 1.03. The summed E-state index contributed by atoms with van der Waals surface area (Å²) in [5.74, 6) is 0.148. The minimum Gasteiger partial charge on any atom is -0.314 e. The molecule has 16 heavy (non-hydrogen) atoms. The normalized spacial score (nSPS) is 13.4. The van der Waals surface area contributed by atoms with Crippen LogP contribution in [-0.4, -0.2) is 57.7 Å². The maximum atomic E-state index is 11.4. The third kappa shape index (κ3) is 8.04. The molecule has 0 atom stereocenters. The van der Waals surface area contributed by atoms with E-state index in [4.69, 9.17) is 0 Å². The molecule has 0 amide bonds. The third-order valence-corrected chi connectivity index (χ3v) is 3.88. The van der Waals surface area contributed by atoms with E-state index in [0.717, 1.165) is 13.1 Å². The van der Waals surface area contributed by atoms with Gasteiger partial charge in [0.25, 0.3) is 0 Å². The molecule has 98 valence electrons. The zero-order valence-corrected chi connectivity index (χ0v) is 11.8. The Kier molecular flexibility index (Phi) is 6.47.